The van der Waals surface area contributed by atoms with Gasteiger partial charge in [-0.15, -0.1) is 0 Å². The number of hydrogen-bond donors (Lipinski definition) is 3. The van der Waals surface area contributed by atoms with Crippen molar-refractivity contribution in [2.75, 3.05) is 13.2 Å². The molecule has 3 N–H and O–H groups in total. The molecule has 0 aromatic heterocycles. The summed E-state index contributed by atoms with van der Waals surface area (Å²) in [6.45, 7) is 4.79. The van der Waals surface area contributed by atoms with Crippen LogP contribution in [0.2, 0.25) is 0 Å². The Balaban J connectivity index is 3.57. The van der Waals surface area contributed by atoms with Crippen LogP contribution in [0.1, 0.15) is 251 Å². The summed E-state index contributed by atoms with van der Waals surface area (Å²) in [7, 11) is 0. The molecule has 6 nitrogen and oxygen atoms in total. The molecule has 0 radical (unpaired) electrons. The van der Waals surface area contributed by atoms with E-state index in [9.17, 15) is 19.8 Å². The molecule has 0 aliphatic heterocycles. The van der Waals surface area contributed by atoms with Gasteiger partial charge in [0.05, 0.1) is 25.4 Å². The van der Waals surface area contributed by atoms with Gasteiger partial charge in [0.25, 0.3) is 0 Å². The van der Waals surface area contributed by atoms with E-state index in [4.69, 9.17) is 4.74 Å². The molecular weight excluding hydrogens is 707 g/mol. The Labute approximate surface area is 353 Å². The predicted octanol–water partition coefficient (Wildman–Crippen LogP) is 14.5. The highest BCUT2D eigenvalue weighted by Crippen LogP contribution is 2.14. The second-order valence-electron chi connectivity index (χ2n) is 16.8. The number of aliphatic hydroxyl groups is 2. The van der Waals surface area contributed by atoms with E-state index >= 15 is 0 Å². The van der Waals surface area contributed by atoms with Crippen LogP contribution in [0.5, 0.6) is 0 Å². The highest BCUT2D eigenvalue weighted by molar-refractivity contribution is 5.76. The first-order valence-electron chi connectivity index (χ1n) is 24.8. The SMILES string of the molecule is CCCCCCCC/C=C\CCCCCCCCCC(=O)OCCCCCC/C=C\CCCC(=O)NC(CO)C(O)/C=C/CCCCCCCCCCCCCC. The molecule has 0 aromatic carbocycles. The molecule has 2 atom stereocenters. The molecular formula is C51H95NO5. The summed E-state index contributed by atoms with van der Waals surface area (Å²) in [6, 6.07) is -0.665. The van der Waals surface area contributed by atoms with Crippen molar-refractivity contribution in [2.45, 2.75) is 264 Å². The highest BCUT2D eigenvalue weighted by Gasteiger charge is 2.17. The van der Waals surface area contributed by atoms with Crippen molar-refractivity contribution < 1.29 is 24.5 Å². The van der Waals surface area contributed by atoms with E-state index < -0.39 is 12.1 Å². The third-order valence-electron chi connectivity index (χ3n) is 11.1. The van der Waals surface area contributed by atoms with Gasteiger partial charge in [0.1, 0.15) is 0 Å². The molecule has 1 amide bonds. The smallest absolute Gasteiger partial charge is 0.305 e. The monoisotopic (exact) mass is 802 g/mol. The minimum atomic E-state index is -0.875. The number of allylic oxidation sites excluding steroid dienone is 5. The number of nitrogens with one attached hydrogen (secondary N) is 1. The van der Waals surface area contributed by atoms with Crippen LogP contribution >= 0.6 is 0 Å². The number of ether oxygens (including phenoxy) is 1. The number of rotatable bonds is 45. The van der Waals surface area contributed by atoms with E-state index in [1.807, 2.05) is 6.08 Å². The van der Waals surface area contributed by atoms with Crippen LogP contribution in [-0.2, 0) is 14.3 Å². The van der Waals surface area contributed by atoms with E-state index in [2.05, 4.69) is 43.5 Å². The lowest BCUT2D eigenvalue weighted by atomic mass is 10.0. The minimum Gasteiger partial charge on any atom is -0.466 e. The Morgan fingerprint density at radius 2 is 0.842 bits per heavy atom. The fourth-order valence-electron chi connectivity index (χ4n) is 7.28. The third-order valence-corrected chi connectivity index (χ3v) is 11.1. The summed E-state index contributed by atoms with van der Waals surface area (Å²) in [5.74, 6) is -0.172. The molecule has 0 saturated carbocycles. The molecule has 0 bridgehead atoms. The molecule has 6 heteroatoms. The zero-order chi connectivity index (χ0) is 41.5. The number of aliphatic hydroxyl groups excluding tert-OH is 2. The second-order valence-corrected chi connectivity index (χ2v) is 16.8. The summed E-state index contributed by atoms with van der Waals surface area (Å²) in [4.78, 5) is 24.4. The van der Waals surface area contributed by atoms with Gasteiger partial charge in [-0.25, -0.2) is 0 Å². The van der Waals surface area contributed by atoms with Gasteiger partial charge in [-0.1, -0.05) is 198 Å². The molecule has 0 fully saturated rings. The molecule has 0 rings (SSSR count). The van der Waals surface area contributed by atoms with Gasteiger partial charge in [0.15, 0.2) is 0 Å². The van der Waals surface area contributed by atoms with Gasteiger partial charge in [-0.05, 0) is 77.0 Å². The molecule has 0 aliphatic rings. The largest absolute Gasteiger partial charge is 0.466 e. The summed E-state index contributed by atoms with van der Waals surface area (Å²) in [5, 5.41) is 23.0. The van der Waals surface area contributed by atoms with Crippen LogP contribution in [0.3, 0.4) is 0 Å². The van der Waals surface area contributed by atoms with Gasteiger partial charge in [0.2, 0.25) is 5.91 Å². The fourth-order valence-corrected chi connectivity index (χ4v) is 7.28. The Morgan fingerprint density at radius 1 is 0.474 bits per heavy atom. The van der Waals surface area contributed by atoms with Gasteiger partial charge in [0, 0.05) is 12.8 Å². The highest BCUT2D eigenvalue weighted by atomic mass is 16.5. The van der Waals surface area contributed by atoms with Crippen molar-refractivity contribution in [1.82, 2.24) is 5.32 Å². The topological polar surface area (TPSA) is 95.9 Å². The first-order valence-corrected chi connectivity index (χ1v) is 24.8. The lowest BCUT2D eigenvalue weighted by Gasteiger charge is -2.19. The molecule has 0 aliphatic carbocycles. The number of esters is 1. The number of unbranched alkanes of at least 4 members (excludes halogenated alkanes) is 30. The van der Waals surface area contributed by atoms with Gasteiger partial charge in [-0.3, -0.25) is 9.59 Å². The number of hydrogen-bond acceptors (Lipinski definition) is 5. The normalized spacial score (nSPS) is 13.0. The van der Waals surface area contributed by atoms with Gasteiger partial charge in [-0.2, -0.15) is 0 Å². The van der Waals surface area contributed by atoms with E-state index in [0.29, 0.717) is 19.4 Å². The van der Waals surface area contributed by atoms with Gasteiger partial charge >= 0.3 is 5.97 Å². The first kappa shape index (κ1) is 55.1. The maximum absolute atomic E-state index is 12.4. The molecule has 0 spiro atoms. The average Bonchev–Trinajstić information content (AvgIpc) is 3.21. The van der Waals surface area contributed by atoms with Crippen LogP contribution < -0.4 is 5.32 Å². The van der Waals surface area contributed by atoms with E-state index in [-0.39, 0.29) is 18.5 Å². The number of carbonyl (C=O) groups excluding carboxylic acids is 2. The standard InChI is InChI=1S/C51H95NO5/c1-3-5-7-9-11-13-15-17-19-20-21-23-25-29-33-37-41-45-51(56)57-46-42-38-34-30-26-28-32-36-40-44-50(55)52-48(47-53)49(54)43-39-35-31-27-24-22-18-16-14-12-10-8-6-4-2/h17,19,28,32,39,43,48-49,53-54H,3-16,18,20-27,29-31,33-38,40-42,44-47H2,1-2H3,(H,52,55)/b19-17-,32-28-,43-39+. The van der Waals surface area contributed by atoms with Crippen molar-refractivity contribution in [3.8, 4) is 0 Å². The van der Waals surface area contributed by atoms with Crippen LogP contribution in [0.4, 0.5) is 0 Å². The summed E-state index contributed by atoms with van der Waals surface area (Å²) >= 11 is 0. The summed E-state index contributed by atoms with van der Waals surface area (Å²) < 4.78 is 5.44. The van der Waals surface area contributed by atoms with Crippen molar-refractivity contribution >= 4 is 11.9 Å². The molecule has 334 valence electrons. The Kier molecular flexibility index (Phi) is 45.2. The van der Waals surface area contributed by atoms with Crippen molar-refractivity contribution in [3.05, 3.63) is 36.5 Å². The minimum absolute atomic E-state index is 0.0421. The van der Waals surface area contributed by atoms with Crippen LogP contribution in [-0.4, -0.2) is 47.4 Å². The van der Waals surface area contributed by atoms with Crippen molar-refractivity contribution in [1.29, 1.82) is 0 Å². The lowest BCUT2D eigenvalue weighted by Crippen LogP contribution is -2.45. The Morgan fingerprint density at radius 3 is 1.28 bits per heavy atom. The molecule has 0 aromatic rings. The number of carbonyl (C=O) groups is 2. The van der Waals surface area contributed by atoms with Crippen LogP contribution in [0, 0.1) is 0 Å². The molecule has 0 heterocycles. The molecule has 0 saturated heterocycles. The first-order chi connectivity index (χ1) is 28.0. The van der Waals surface area contributed by atoms with Crippen molar-refractivity contribution in [3.63, 3.8) is 0 Å². The third kappa shape index (κ3) is 43.5. The maximum atomic E-state index is 12.4. The maximum Gasteiger partial charge on any atom is 0.305 e. The zero-order valence-electron chi connectivity index (χ0n) is 37.8. The quantitative estimate of drug-likeness (QED) is 0.0324. The average molecular weight is 802 g/mol. The van der Waals surface area contributed by atoms with E-state index in [1.54, 1.807) is 6.08 Å². The van der Waals surface area contributed by atoms with Crippen LogP contribution in [0.25, 0.3) is 0 Å². The lowest BCUT2D eigenvalue weighted by molar-refractivity contribution is -0.143. The van der Waals surface area contributed by atoms with E-state index in [0.717, 1.165) is 70.6 Å². The van der Waals surface area contributed by atoms with Crippen LogP contribution in [0.15, 0.2) is 36.5 Å². The zero-order valence-corrected chi connectivity index (χ0v) is 37.8. The Bertz CT molecular complexity index is 931. The van der Waals surface area contributed by atoms with E-state index in [1.165, 1.54) is 154 Å². The molecule has 2 unspecified atom stereocenters. The van der Waals surface area contributed by atoms with Gasteiger partial charge < -0.3 is 20.3 Å². The fraction of sp³-hybridized carbons (Fsp3) is 0.843. The Hall–Kier alpha value is -1.92. The van der Waals surface area contributed by atoms with Crippen molar-refractivity contribution in [2.24, 2.45) is 0 Å². The number of amides is 1. The summed E-state index contributed by atoms with van der Waals surface area (Å²) in [5.41, 5.74) is 0. The predicted molar refractivity (Wildman–Crippen MR) is 246 cm³/mol. The molecule has 57 heavy (non-hydrogen) atoms. The summed E-state index contributed by atoms with van der Waals surface area (Å²) in [6.07, 6.45) is 55.7. The second kappa shape index (κ2) is 46.8.